The van der Waals surface area contributed by atoms with Crippen molar-refractivity contribution in [3.8, 4) is 5.75 Å². The number of hydrazone groups is 1. The number of carbonyl (C=O) groups excluding carboxylic acids is 1. The molecule has 2 fully saturated rings. The van der Waals surface area contributed by atoms with Crippen LogP contribution in [0.25, 0.3) is 0 Å². The molecule has 0 spiro atoms. The number of carbonyl (C=O) groups is 1. The molecule has 2 saturated carbocycles. The molecular weight excluding hydrogens is 372 g/mol. The van der Waals surface area contributed by atoms with Gasteiger partial charge < -0.3 is 4.74 Å². The summed E-state index contributed by atoms with van der Waals surface area (Å²) in [5, 5.41) is 4.84. The Morgan fingerprint density at radius 2 is 2.04 bits per heavy atom. The first kappa shape index (κ1) is 19.0. The third kappa shape index (κ3) is 3.93. The molecule has 3 unspecified atom stereocenters. The Morgan fingerprint density at radius 1 is 1.25 bits per heavy atom. The average Bonchev–Trinajstić information content (AvgIpc) is 3.34. The molecule has 28 heavy (non-hydrogen) atoms. The van der Waals surface area contributed by atoms with Crippen LogP contribution >= 0.6 is 11.6 Å². The van der Waals surface area contributed by atoms with Gasteiger partial charge in [0.05, 0.1) is 6.21 Å². The van der Waals surface area contributed by atoms with Crippen molar-refractivity contribution in [1.29, 1.82) is 0 Å². The normalized spacial score (nSPS) is 25.9. The smallest absolute Gasteiger partial charge is 0.244 e. The van der Waals surface area contributed by atoms with Crippen molar-refractivity contribution < 1.29 is 9.53 Å². The maximum Gasteiger partial charge on any atom is 0.244 e. The molecule has 4 nitrogen and oxygen atoms in total. The highest BCUT2D eigenvalue weighted by Gasteiger charge is 2.64. The van der Waals surface area contributed by atoms with E-state index < -0.39 is 0 Å². The Kier molecular flexibility index (Phi) is 5.40. The lowest BCUT2D eigenvalue weighted by atomic mass is 9.90. The van der Waals surface area contributed by atoms with Gasteiger partial charge in [-0.15, -0.1) is 0 Å². The lowest BCUT2D eigenvalue weighted by molar-refractivity contribution is -0.123. The predicted molar refractivity (Wildman–Crippen MR) is 112 cm³/mol. The van der Waals surface area contributed by atoms with E-state index in [0.29, 0.717) is 17.5 Å². The molecular formula is C23H25ClN2O2. The summed E-state index contributed by atoms with van der Waals surface area (Å²) in [6, 6.07) is 15.2. The molecule has 0 aromatic heterocycles. The zero-order valence-electron chi connectivity index (χ0n) is 16.0. The average molecular weight is 397 g/mol. The number of hydrogen-bond donors (Lipinski definition) is 1. The largest absolute Gasteiger partial charge is 0.489 e. The van der Waals surface area contributed by atoms with Crippen molar-refractivity contribution in [3.63, 3.8) is 0 Å². The van der Waals surface area contributed by atoms with Gasteiger partial charge in [0, 0.05) is 16.5 Å². The first-order valence-electron chi connectivity index (χ1n) is 9.87. The van der Waals surface area contributed by atoms with E-state index in [9.17, 15) is 4.79 Å². The lowest BCUT2D eigenvalue weighted by Gasteiger charge is -2.15. The molecule has 0 radical (unpaired) electrons. The Labute approximate surface area is 170 Å². The lowest BCUT2D eigenvalue weighted by Crippen LogP contribution is -2.22. The maximum absolute atomic E-state index is 12.4. The van der Waals surface area contributed by atoms with Crippen LogP contribution in [0.2, 0.25) is 5.02 Å². The van der Waals surface area contributed by atoms with E-state index in [2.05, 4.69) is 17.5 Å². The minimum absolute atomic E-state index is 0.0605. The van der Waals surface area contributed by atoms with E-state index in [1.165, 1.54) is 19.3 Å². The molecule has 5 heteroatoms. The fraction of sp³-hybridized carbons (Fsp3) is 0.391. The monoisotopic (exact) mass is 396 g/mol. The molecule has 0 saturated heterocycles. The Balaban J connectivity index is 1.27. The molecule has 2 aliphatic carbocycles. The predicted octanol–water partition coefficient (Wildman–Crippen LogP) is 5.20. The summed E-state index contributed by atoms with van der Waals surface area (Å²) in [4.78, 5) is 12.4. The number of halogens is 1. The second-order valence-electron chi connectivity index (χ2n) is 8.02. The molecule has 0 bridgehead atoms. The highest BCUT2D eigenvalue weighted by atomic mass is 35.5. The highest BCUT2D eigenvalue weighted by molar-refractivity contribution is 6.31. The summed E-state index contributed by atoms with van der Waals surface area (Å²) in [5.74, 6) is 1.50. The van der Waals surface area contributed by atoms with Crippen LogP contribution in [-0.2, 0) is 11.4 Å². The Hall–Kier alpha value is -2.33. The Morgan fingerprint density at radius 3 is 2.75 bits per heavy atom. The third-order valence-corrected chi connectivity index (χ3v) is 6.60. The number of rotatable bonds is 6. The first-order chi connectivity index (χ1) is 13.6. The van der Waals surface area contributed by atoms with E-state index in [4.69, 9.17) is 16.3 Å². The Bertz CT molecular complexity index is 880. The summed E-state index contributed by atoms with van der Waals surface area (Å²) < 4.78 is 5.78. The van der Waals surface area contributed by atoms with Gasteiger partial charge in [0.2, 0.25) is 5.91 Å². The molecule has 1 amide bonds. The summed E-state index contributed by atoms with van der Waals surface area (Å²) in [7, 11) is 0. The number of amides is 1. The van der Waals surface area contributed by atoms with Crippen LogP contribution < -0.4 is 10.2 Å². The van der Waals surface area contributed by atoms with Gasteiger partial charge in [0.15, 0.2) is 0 Å². The van der Waals surface area contributed by atoms with Gasteiger partial charge >= 0.3 is 0 Å². The zero-order chi connectivity index (χ0) is 19.6. The van der Waals surface area contributed by atoms with Crippen molar-refractivity contribution in [3.05, 3.63) is 64.7 Å². The maximum atomic E-state index is 12.4. The van der Waals surface area contributed by atoms with Crippen molar-refractivity contribution >= 4 is 23.7 Å². The van der Waals surface area contributed by atoms with Crippen LogP contribution in [0.4, 0.5) is 0 Å². The van der Waals surface area contributed by atoms with Crippen molar-refractivity contribution in [2.75, 3.05) is 0 Å². The molecule has 0 heterocycles. The molecule has 2 aromatic carbocycles. The molecule has 3 atom stereocenters. The number of ether oxygens (including phenoxy) is 1. The molecule has 4 rings (SSSR count). The minimum Gasteiger partial charge on any atom is -0.489 e. The van der Waals surface area contributed by atoms with Crippen molar-refractivity contribution in [1.82, 2.24) is 5.43 Å². The van der Waals surface area contributed by atoms with Gasteiger partial charge in [-0.25, -0.2) is 5.43 Å². The molecule has 146 valence electrons. The summed E-state index contributed by atoms with van der Waals surface area (Å²) >= 11 is 6.14. The standard InChI is InChI=1S/C23H25ClN2O2/c1-23-13-5-4-7-19(23)21(23)22(27)26-25-14-16-9-11-18(12-10-16)28-15-17-6-2-3-8-20(17)24/h2-3,6,8-12,14,19,21H,4-5,7,13,15H2,1H3,(H,26,27)/b25-14+. The van der Waals surface area contributed by atoms with Gasteiger partial charge in [-0.3, -0.25) is 4.79 Å². The van der Waals surface area contributed by atoms with Crippen LogP contribution in [0.1, 0.15) is 43.7 Å². The number of fused-ring (bicyclic) bond motifs is 1. The number of hydrogen-bond acceptors (Lipinski definition) is 3. The van der Waals surface area contributed by atoms with Crippen LogP contribution in [0, 0.1) is 17.3 Å². The van der Waals surface area contributed by atoms with Crippen molar-refractivity contribution in [2.24, 2.45) is 22.4 Å². The number of nitrogens with one attached hydrogen (secondary N) is 1. The third-order valence-electron chi connectivity index (χ3n) is 6.23. The zero-order valence-corrected chi connectivity index (χ0v) is 16.8. The second-order valence-corrected chi connectivity index (χ2v) is 8.43. The van der Waals surface area contributed by atoms with Crippen LogP contribution in [0.5, 0.6) is 5.75 Å². The van der Waals surface area contributed by atoms with Gasteiger partial charge in [-0.1, -0.05) is 49.6 Å². The van der Waals surface area contributed by atoms with E-state index in [-0.39, 0.29) is 17.2 Å². The fourth-order valence-corrected chi connectivity index (χ4v) is 4.71. The fourth-order valence-electron chi connectivity index (χ4n) is 4.52. The van der Waals surface area contributed by atoms with Gasteiger partial charge in [0.1, 0.15) is 12.4 Å². The van der Waals surface area contributed by atoms with E-state index >= 15 is 0 Å². The second kappa shape index (κ2) is 7.96. The van der Waals surface area contributed by atoms with Gasteiger partial charge in [0.25, 0.3) is 0 Å². The van der Waals surface area contributed by atoms with Crippen LogP contribution in [-0.4, -0.2) is 12.1 Å². The van der Waals surface area contributed by atoms with E-state index in [0.717, 1.165) is 23.3 Å². The summed E-state index contributed by atoms with van der Waals surface area (Å²) in [6.07, 6.45) is 6.50. The molecule has 0 aliphatic heterocycles. The molecule has 1 N–H and O–H groups in total. The molecule has 2 aromatic rings. The summed E-state index contributed by atoms with van der Waals surface area (Å²) in [6.45, 7) is 2.66. The first-order valence-corrected chi connectivity index (χ1v) is 10.2. The van der Waals surface area contributed by atoms with E-state index in [1.807, 2.05) is 48.5 Å². The highest BCUT2D eigenvalue weighted by Crippen LogP contribution is 2.66. The van der Waals surface area contributed by atoms with Crippen LogP contribution in [0.3, 0.4) is 0 Å². The van der Waals surface area contributed by atoms with Crippen molar-refractivity contribution in [2.45, 2.75) is 39.2 Å². The number of benzene rings is 2. The summed E-state index contributed by atoms with van der Waals surface area (Å²) in [5.41, 5.74) is 4.79. The molecule has 2 aliphatic rings. The quantitative estimate of drug-likeness (QED) is 0.539. The van der Waals surface area contributed by atoms with Gasteiger partial charge in [-0.05, 0) is 60.1 Å². The van der Waals surface area contributed by atoms with Crippen LogP contribution in [0.15, 0.2) is 53.6 Å². The number of nitrogens with zero attached hydrogens (tertiary/aromatic N) is 1. The topological polar surface area (TPSA) is 50.7 Å². The van der Waals surface area contributed by atoms with Gasteiger partial charge in [-0.2, -0.15) is 5.10 Å². The SMILES string of the molecule is CC12CCCCC1C2C(=O)N/N=C/c1ccc(OCc2ccccc2Cl)cc1. The van der Waals surface area contributed by atoms with E-state index in [1.54, 1.807) is 6.21 Å². The minimum atomic E-state index is 0.0605.